The molecule has 0 bridgehead atoms. The first kappa shape index (κ1) is 13.5. The van der Waals surface area contributed by atoms with E-state index in [4.69, 9.17) is 25.4 Å². The number of ether oxygens (including phenoxy) is 2. The number of aromatic nitrogens is 4. The van der Waals surface area contributed by atoms with Crippen molar-refractivity contribution in [2.24, 2.45) is 0 Å². The van der Waals surface area contributed by atoms with Crippen LogP contribution in [0.1, 0.15) is 0 Å². The van der Waals surface area contributed by atoms with Gasteiger partial charge in [-0.1, -0.05) is 0 Å². The van der Waals surface area contributed by atoms with Crippen LogP contribution in [-0.4, -0.2) is 56.2 Å². The zero-order valence-corrected chi connectivity index (χ0v) is 10.4. The van der Waals surface area contributed by atoms with Crippen molar-refractivity contribution in [2.75, 3.05) is 26.1 Å². The Morgan fingerprint density at radius 3 is 2.74 bits per heavy atom. The smallest absolute Gasteiger partial charge is 0.320 e. The third kappa shape index (κ3) is 2.72. The van der Waals surface area contributed by atoms with E-state index in [1.54, 1.807) is 4.57 Å². The highest BCUT2D eigenvalue weighted by Crippen LogP contribution is 2.19. The standard InChI is InChI=1S/C10H15N5O4/c1-18-10-13-8(11)7-9(14-10)15(4-12-7)5-19-6(2-16)3-17/h4,6,16-17H,2-3,5H2,1H3,(H2,11,13,14). The first-order chi connectivity index (χ1) is 9.19. The number of hydrogen-bond donors (Lipinski definition) is 3. The lowest BCUT2D eigenvalue weighted by Gasteiger charge is -2.13. The summed E-state index contributed by atoms with van der Waals surface area (Å²) in [7, 11) is 1.44. The van der Waals surface area contributed by atoms with Gasteiger partial charge in [0.2, 0.25) is 0 Å². The van der Waals surface area contributed by atoms with E-state index >= 15 is 0 Å². The van der Waals surface area contributed by atoms with E-state index in [9.17, 15) is 0 Å². The number of anilines is 1. The molecule has 0 spiro atoms. The van der Waals surface area contributed by atoms with E-state index in [1.165, 1.54) is 13.4 Å². The molecule has 2 heterocycles. The summed E-state index contributed by atoms with van der Waals surface area (Å²) in [5, 5.41) is 17.8. The van der Waals surface area contributed by atoms with Gasteiger partial charge in [-0.2, -0.15) is 9.97 Å². The van der Waals surface area contributed by atoms with Crippen LogP contribution in [0.2, 0.25) is 0 Å². The van der Waals surface area contributed by atoms with Gasteiger partial charge in [-0.15, -0.1) is 0 Å². The maximum Gasteiger partial charge on any atom is 0.320 e. The first-order valence-corrected chi connectivity index (χ1v) is 5.55. The topological polar surface area (TPSA) is 129 Å². The molecule has 104 valence electrons. The van der Waals surface area contributed by atoms with Crippen LogP contribution in [0.15, 0.2) is 6.33 Å². The van der Waals surface area contributed by atoms with Crippen molar-refractivity contribution in [3.05, 3.63) is 6.33 Å². The van der Waals surface area contributed by atoms with Crippen LogP contribution in [0.3, 0.4) is 0 Å². The Morgan fingerprint density at radius 2 is 2.11 bits per heavy atom. The van der Waals surface area contributed by atoms with Gasteiger partial charge in [0.25, 0.3) is 0 Å². The van der Waals surface area contributed by atoms with E-state index in [-0.39, 0.29) is 31.8 Å². The molecule has 0 amide bonds. The van der Waals surface area contributed by atoms with Gasteiger partial charge in [0, 0.05) is 0 Å². The van der Waals surface area contributed by atoms with Crippen LogP contribution in [0.5, 0.6) is 6.01 Å². The van der Waals surface area contributed by atoms with E-state index in [0.29, 0.717) is 11.2 Å². The normalized spacial score (nSPS) is 11.4. The maximum absolute atomic E-state index is 8.92. The minimum Gasteiger partial charge on any atom is -0.467 e. The van der Waals surface area contributed by atoms with Crippen LogP contribution in [0.25, 0.3) is 11.2 Å². The Bertz CT molecular complexity index is 554. The molecule has 4 N–H and O–H groups in total. The number of nitrogens with zero attached hydrogens (tertiary/aromatic N) is 4. The van der Waals surface area contributed by atoms with Gasteiger partial charge in [0.15, 0.2) is 17.0 Å². The number of methoxy groups -OCH3 is 1. The summed E-state index contributed by atoms with van der Waals surface area (Å²) in [5.41, 5.74) is 6.62. The molecular formula is C10H15N5O4. The number of aliphatic hydroxyl groups excluding tert-OH is 2. The van der Waals surface area contributed by atoms with Crippen LogP contribution in [0, 0.1) is 0 Å². The monoisotopic (exact) mass is 269 g/mol. The molecule has 0 atom stereocenters. The summed E-state index contributed by atoms with van der Waals surface area (Å²) in [6, 6.07) is 0.132. The zero-order chi connectivity index (χ0) is 13.8. The molecule has 0 aliphatic rings. The molecule has 2 aromatic heterocycles. The maximum atomic E-state index is 8.92. The Balaban J connectivity index is 2.26. The van der Waals surface area contributed by atoms with Crippen molar-refractivity contribution >= 4 is 17.0 Å². The summed E-state index contributed by atoms with van der Waals surface area (Å²) >= 11 is 0. The lowest BCUT2D eigenvalue weighted by Crippen LogP contribution is -2.23. The second-order valence-corrected chi connectivity index (χ2v) is 3.77. The second kappa shape index (κ2) is 5.78. The Labute approximate surface area is 108 Å². The number of nitrogen functional groups attached to an aromatic ring is 1. The number of aliphatic hydroxyl groups is 2. The lowest BCUT2D eigenvalue weighted by molar-refractivity contribution is -0.0488. The molecule has 9 heteroatoms. The molecule has 9 nitrogen and oxygen atoms in total. The predicted molar refractivity (Wildman–Crippen MR) is 65.3 cm³/mol. The Kier molecular flexibility index (Phi) is 4.10. The SMILES string of the molecule is COc1nc(N)c2ncn(COC(CO)CO)c2n1. The average molecular weight is 269 g/mol. The van der Waals surface area contributed by atoms with E-state index in [0.717, 1.165) is 0 Å². The van der Waals surface area contributed by atoms with Gasteiger partial charge in [-0.05, 0) is 0 Å². The number of rotatable bonds is 6. The van der Waals surface area contributed by atoms with Crippen molar-refractivity contribution < 1.29 is 19.7 Å². The molecule has 0 aliphatic carbocycles. The predicted octanol–water partition coefficient (Wildman–Crippen LogP) is -1.26. The van der Waals surface area contributed by atoms with Gasteiger partial charge in [-0.3, -0.25) is 4.57 Å². The molecule has 0 aromatic carbocycles. The van der Waals surface area contributed by atoms with Crippen LogP contribution in [-0.2, 0) is 11.5 Å². The highest BCUT2D eigenvalue weighted by atomic mass is 16.5. The molecule has 0 fully saturated rings. The number of fused-ring (bicyclic) bond motifs is 1. The van der Waals surface area contributed by atoms with Gasteiger partial charge >= 0.3 is 6.01 Å². The molecule has 0 unspecified atom stereocenters. The molecule has 0 aliphatic heterocycles. The summed E-state index contributed by atoms with van der Waals surface area (Å²) in [4.78, 5) is 12.1. The quantitative estimate of drug-likeness (QED) is 0.593. The molecular weight excluding hydrogens is 254 g/mol. The highest BCUT2D eigenvalue weighted by molar-refractivity contribution is 5.81. The molecule has 19 heavy (non-hydrogen) atoms. The third-order valence-corrected chi connectivity index (χ3v) is 2.51. The van der Waals surface area contributed by atoms with Gasteiger partial charge in [-0.25, -0.2) is 4.98 Å². The van der Waals surface area contributed by atoms with Crippen LogP contribution >= 0.6 is 0 Å². The Hall–Kier alpha value is -1.97. The van der Waals surface area contributed by atoms with E-state index in [2.05, 4.69) is 15.0 Å². The summed E-state index contributed by atoms with van der Waals surface area (Å²) < 4.78 is 11.8. The summed E-state index contributed by atoms with van der Waals surface area (Å²) in [5.74, 6) is 0.210. The molecule has 2 aromatic rings. The molecule has 0 radical (unpaired) electrons. The Morgan fingerprint density at radius 1 is 1.37 bits per heavy atom. The second-order valence-electron chi connectivity index (χ2n) is 3.77. The minimum atomic E-state index is -0.654. The highest BCUT2D eigenvalue weighted by Gasteiger charge is 2.13. The van der Waals surface area contributed by atoms with Gasteiger partial charge in [0.1, 0.15) is 12.8 Å². The number of nitrogens with two attached hydrogens (primary N) is 1. The fourth-order valence-corrected chi connectivity index (χ4v) is 1.48. The van der Waals surface area contributed by atoms with Gasteiger partial charge in [0.05, 0.1) is 26.7 Å². The minimum absolute atomic E-state index is 0.0713. The van der Waals surface area contributed by atoms with Crippen LogP contribution < -0.4 is 10.5 Å². The lowest BCUT2D eigenvalue weighted by atomic mass is 10.4. The first-order valence-electron chi connectivity index (χ1n) is 5.55. The van der Waals surface area contributed by atoms with Crippen molar-refractivity contribution in [3.63, 3.8) is 0 Å². The van der Waals surface area contributed by atoms with Crippen molar-refractivity contribution in [3.8, 4) is 6.01 Å². The average Bonchev–Trinajstić information content (AvgIpc) is 2.83. The van der Waals surface area contributed by atoms with Crippen LogP contribution in [0.4, 0.5) is 5.82 Å². The van der Waals surface area contributed by atoms with E-state index < -0.39 is 6.10 Å². The molecule has 0 saturated heterocycles. The largest absolute Gasteiger partial charge is 0.467 e. The third-order valence-electron chi connectivity index (χ3n) is 2.51. The van der Waals surface area contributed by atoms with Crippen molar-refractivity contribution in [1.29, 1.82) is 0 Å². The van der Waals surface area contributed by atoms with Crippen molar-refractivity contribution in [1.82, 2.24) is 19.5 Å². The summed E-state index contributed by atoms with van der Waals surface area (Å²) in [6.45, 7) is -0.477. The van der Waals surface area contributed by atoms with Gasteiger partial charge < -0.3 is 25.4 Å². The number of imidazole rings is 1. The summed E-state index contributed by atoms with van der Waals surface area (Å²) in [6.07, 6.45) is 0.833. The van der Waals surface area contributed by atoms with E-state index in [1.807, 2.05) is 0 Å². The molecule has 0 saturated carbocycles. The number of hydrogen-bond acceptors (Lipinski definition) is 8. The zero-order valence-electron chi connectivity index (χ0n) is 10.4. The fraction of sp³-hybridized carbons (Fsp3) is 0.500. The van der Waals surface area contributed by atoms with Crippen molar-refractivity contribution in [2.45, 2.75) is 12.8 Å². The fourth-order valence-electron chi connectivity index (χ4n) is 1.48. The molecule has 2 rings (SSSR count).